The molecule has 0 saturated carbocycles. The van der Waals surface area contributed by atoms with E-state index in [2.05, 4.69) is 5.32 Å². The first-order chi connectivity index (χ1) is 10.7. The summed E-state index contributed by atoms with van der Waals surface area (Å²) in [7, 11) is 0. The summed E-state index contributed by atoms with van der Waals surface area (Å²) in [4.78, 5) is 24.2. The first kappa shape index (κ1) is 17.9. The van der Waals surface area contributed by atoms with Gasteiger partial charge in [0, 0.05) is 29.6 Å². The summed E-state index contributed by atoms with van der Waals surface area (Å²) in [5.74, 6) is -1.95. The molecule has 0 spiro atoms. The fourth-order valence-electron chi connectivity index (χ4n) is 2.31. The van der Waals surface area contributed by atoms with Crippen LogP contribution in [0.3, 0.4) is 0 Å². The van der Waals surface area contributed by atoms with Crippen LogP contribution in [-0.2, 0) is 16.1 Å². The smallest absolute Gasteiger partial charge is 0.352 e. The van der Waals surface area contributed by atoms with Gasteiger partial charge in [-0.25, -0.2) is 0 Å². The van der Waals surface area contributed by atoms with Crippen molar-refractivity contribution in [1.82, 2.24) is 10.2 Å². The van der Waals surface area contributed by atoms with Crippen molar-refractivity contribution < 1.29 is 22.8 Å². The van der Waals surface area contributed by atoms with E-state index in [4.69, 9.17) is 23.2 Å². The topological polar surface area (TPSA) is 49.4 Å². The molecular formula is C14H13Cl2F3N2O2. The van der Waals surface area contributed by atoms with Crippen molar-refractivity contribution in [2.45, 2.75) is 19.1 Å². The highest BCUT2D eigenvalue weighted by molar-refractivity contribution is 6.35. The lowest BCUT2D eigenvalue weighted by Crippen LogP contribution is -2.37. The van der Waals surface area contributed by atoms with Gasteiger partial charge < -0.3 is 10.2 Å². The van der Waals surface area contributed by atoms with Gasteiger partial charge >= 0.3 is 6.18 Å². The van der Waals surface area contributed by atoms with Gasteiger partial charge in [-0.15, -0.1) is 0 Å². The predicted octanol–water partition coefficient (Wildman–Crippen LogP) is 3.02. The molecule has 0 radical (unpaired) electrons. The Balaban J connectivity index is 1.90. The highest BCUT2D eigenvalue weighted by Crippen LogP contribution is 2.24. The molecule has 1 saturated heterocycles. The Kier molecular flexibility index (Phi) is 5.41. The summed E-state index contributed by atoms with van der Waals surface area (Å²) in [6.45, 7) is -1.46. The molecule has 0 aromatic heterocycles. The fourth-order valence-corrected chi connectivity index (χ4v) is 2.78. The van der Waals surface area contributed by atoms with Crippen LogP contribution in [0, 0.1) is 5.92 Å². The molecule has 1 N–H and O–H groups in total. The van der Waals surface area contributed by atoms with E-state index in [1.54, 1.807) is 12.1 Å². The Morgan fingerprint density at radius 3 is 2.65 bits per heavy atom. The predicted molar refractivity (Wildman–Crippen MR) is 79.1 cm³/mol. The number of carbonyl (C=O) groups excluding carboxylic acids is 2. The number of nitrogens with zero attached hydrogens (tertiary/aromatic N) is 1. The van der Waals surface area contributed by atoms with E-state index in [0.29, 0.717) is 20.5 Å². The Hall–Kier alpha value is -1.47. The number of rotatable bonds is 4. The molecule has 0 unspecified atom stereocenters. The Morgan fingerprint density at radius 1 is 1.35 bits per heavy atom. The maximum absolute atomic E-state index is 12.3. The second-order valence-electron chi connectivity index (χ2n) is 5.24. The lowest BCUT2D eigenvalue weighted by Gasteiger charge is -2.18. The van der Waals surface area contributed by atoms with Gasteiger partial charge in [0.2, 0.25) is 11.8 Å². The quantitative estimate of drug-likeness (QED) is 0.887. The lowest BCUT2D eigenvalue weighted by molar-refractivity contribution is -0.157. The highest BCUT2D eigenvalue weighted by Gasteiger charge is 2.40. The van der Waals surface area contributed by atoms with Crippen LogP contribution in [0.4, 0.5) is 13.2 Å². The molecule has 1 aliphatic rings. The Labute approximate surface area is 140 Å². The van der Waals surface area contributed by atoms with E-state index in [0.717, 1.165) is 0 Å². The van der Waals surface area contributed by atoms with Crippen LogP contribution in [-0.4, -0.2) is 36.0 Å². The van der Waals surface area contributed by atoms with Crippen LogP contribution in [0.1, 0.15) is 12.0 Å². The minimum Gasteiger partial charge on any atom is -0.352 e. The van der Waals surface area contributed by atoms with Crippen molar-refractivity contribution >= 4 is 35.0 Å². The number of benzene rings is 1. The maximum Gasteiger partial charge on any atom is 0.406 e. The van der Waals surface area contributed by atoms with Crippen LogP contribution < -0.4 is 5.32 Å². The minimum atomic E-state index is -4.47. The minimum absolute atomic E-state index is 0.110. The summed E-state index contributed by atoms with van der Waals surface area (Å²) in [5, 5.41) is 3.41. The average molecular weight is 369 g/mol. The number of alkyl halides is 3. The fraction of sp³-hybridized carbons (Fsp3) is 0.429. The second-order valence-corrected chi connectivity index (χ2v) is 6.09. The number of carbonyl (C=O) groups is 2. The van der Waals surface area contributed by atoms with Gasteiger partial charge in [0.15, 0.2) is 0 Å². The van der Waals surface area contributed by atoms with E-state index >= 15 is 0 Å². The van der Waals surface area contributed by atoms with Crippen LogP contribution >= 0.6 is 23.2 Å². The maximum atomic E-state index is 12.3. The van der Waals surface area contributed by atoms with E-state index < -0.39 is 30.5 Å². The molecule has 0 bridgehead atoms. The number of nitrogens with one attached hydrogen (secondary N) is 1. The third-order valence-corrected chi connectivity index (χ3v) is 4.01. The summed E-state index contributed by atoms with van der Waals surface area (Å²) < 4.78 is 37.0. The first-order valence-electron chi connectivity index (χ1n) is 6.72. The number of likely N-dealkylation sites (tertiary alicyclic amines) is 1. The van der Waals surface area contributed by atoms with E-state index in [-0.39, 0.29) is 19.5 Å². The molecule has 1 aromatic carbocycles. The van der Waals surface area contributed by atoms with Gasteiger partial charge in [0.05, 0.1) is 5.92 Å². The molecular weight excluding hydrogens is 356 g/mol. The van der Waals surface area contributed by atoms with Crippen molar-refractivity contribution in [2.75, 3.05) is 13.1 Å². The summed E-state index contributed by atoms with van der Waals surface area (Å²) in [6, 6.07) is 4.77. The molecule has 126 valence electrons. The van der Waals surface area contributed by atoms with Crippen molar-refractivity contribution in [3.63, 3.8) is 0 Å². The molecule has 1 fully saturated rings. The third kappa shape index (κ3) is 5.00. The standard InChI is InChI=1S/C14H13Cl2F3N2O2/c15-10-2-1-8(11(16)4-10)5-20-13(23)9-3-12(22)21(6-9)7-14(17,18)19/h1-2,4,9H,3,5-7H2,(H,20,23)/t9-/m0/s1. The molecule has 1 aromatic rings. The molecule has 9 heteroatoms. The monoisotopic (exact) mass is 368 g/mol. The average Bonchev–Trinajstić information content (AvgIpc) is 2.77. The van der Waals surface area contributed by atoms with Crippen molar-refractivity contribution in [3.8, 4) is 0 Å². The van der Waals surface area contributed by atoms with Gasteiger partial charge in [0.25, 0.3) is 0 Å². The van der Waals surface area contributed by atoms with Gasteiger partial charge in [-0.2, -0.15) is 13.2 Å². The van der Waals surface area contributed by atoms with E-state index in [1.807, 2.05) is 0 Å². The van der Waals surface area contributed by atoms with Gasteiger partial charge in [-0.1, -0.05) is 29.3 Å². The number of hydrogen-bond acceptors (Lipinski definition) is 2. The zero-order valence-corrected chi connectivity index (χ0v) is 13.3. The van der Waals surface area contributed by atoms with Crippen LogP contribution in [0.15, 0.2) is 18.2 Å². The van der Waals surface area contributed by atoms with Crippen molar-refractivity contribution in [2.24, 2.45) is 5.92 Å². The molecule has 2 rings (SSSR count). The Bertz CT molecular complexity index is 623. The SMILES string of the molecule is O=C(NCc1ccc(Cl)cc1Cl)[C@H]1CC(=O)N(CC(F)(F)F)C1. The summed E-state index contributed by atoms with van der Waals surface area (Å²) in [6.07, 6.45) is -4.70. The number of hydrogen-bond donors (Lipinski definition) is 1. The van der Waals surface area contributed by atoms with Gasteiger partial charge in [-0.3, -0.25) is 9.59 Å². The van der Waals surface area contributed by atoms with Gasteiger partial charge in [-0.05, 0) is 17.7 Å². The normalized spacial score (nSPS) is 18.4. The molecule has 1 atom stereocenters. The molecule has 2 amide bonds. The zero-order valence-electron chi connectivity index (χ0n) is 11.8. The number of amides is 2. The van der Waals surface area contributed by atoms with Crippen molar-refractivity contribution in [3.05, 3.63) is 33.8 Å². The first-order valence-corrected chi connectivity index (χ1v) is 7.47. The molecule has 1 heterocycles. The highest BCUT2D eigenvalue weighted by atomic mass is 35.5. The van der Waals surface area contributed by atoms with Crippen molar-refractivity contribution in [1.29, 1.82) is 0 Å². The molecule has 1 aliphatic heterocycles. The summed E-state index contributed by atoms with van der Waals surface area (Å²) in [5.41, 5.74) is 0.626. The number of halogens is 5. The molecule has 4 nitrogen and oxygen atoms in total. The second kappa shape index (κ2) is 6.97. The zero-order chi connectivity index (χ0) is 17.2. The van der Waals surface area contributed by atoms with Crippen LogP contribution in [0.2, 0.25) is 10.0 Å². The van der Waals surface area contributed by atoms with Crippen LogP contribution in [0.25, 0.3) is 0 Å². The van der Waals surface area contributed by atoms with E-state index in [9.17, 15) is 22.8 Å². The Morgan fingerprint density at radius 2 is 2.04 bits per heavy atom. The third-order valence-electron chi connectivity index (χ3n) is 3.42. The largest absolute Gasteiger partial charge is 0.406 e. The molecule has 0 aliphatic carbocycles. The van der Waals surface area contributed by atoms with Gasteiger partial charge in [0.1, 0.15) is 6.54 Å². The van der Waals surface area contributed by atoms with E-state index in [1.165, 1.54) is 6.07 Å². The molecule has 23 heavy (non-hydrogen) atoms. The summed E-state index contributed by atoms with van der Waals surface area (Å²) >= 11 is 11.7. The van der Waals surface area contributed by atoms with Crippen LogP contribution in [0.5, 0.6) is 0 Å². The lowest BCUT2D eigenvalue weighted by atomic mass is 10.1.